The summed E-state index contributed by atoms with van der Waals surface area (Å²) in [6.45, 7) is 2.28. The lowest BCUT2D eigenvalue weighted by atomic mass is 9.77. The van der Waals surface area contributed by atoms with Gasteiger partial charge in [-0.3, -0.25) is 14.7 Å². The minimum Gasteiger partial charge on any atom is -0.348 e. The van der Waals surface area contributed by atoms with E-state index in [4.69, 9.17) is 0 Å². The van der Waals surface area contributed by atoms with Gasteiger partial charge in [0.25, 0.3) is 0 Å². The molecule has 26 heavy (non-hydrogen) atoms. The quantitative estimate of drug-likeness (QED) is 0.846. The van der Waals surface area contributed by atoms with E-state index >= 15 is 0 Å². The Morgan fingerprint density at radius 2 is 1.96 bits per heavy atom. The van der Waals surface area contributed by atoms with E-state index in [0.29, 0.717) is 12.0 Å². The van der Waals surface area contributed by atoms with Gasteiger partial charge in [0, 0.05) is 30.6 Å². The lowest BCUT2D eigenvalue weighted by molar-refractivity contribution is -0.119. The molecule has 0 aliphatic carbocycles. The Kier molecular flexibility index (Phi) is 5.12. The Hall–Kier alpha value is -2.46. The van der Waals surface area contributed by atoms with Crippen molar-refractivity contribution in [2.75, 3.05) is 13.1 Å². The highest BCUT2D eigenvalue weighted by atomic mass is 16.1. The summed E-state index contributed by atoms with van der Waals surface area (Å²) in [6.07, 6.45) is 10.6. The number of rotatable bonds is 5. The lowest BCUT2D eigenvalue weighted by Gasteiger charge is -2.51. The molecule has 3 saturated heterocycles. The van der Waals surface area contributed by atoms with E-state index in [0.717, 1.165) is 25.1 Å². The maximum Gasteiger partial charge on any atom is 0.244 e. The molecule has 1 N–H and O–H groups in total. The van der Waals surface area contributed by atoms with Gasteiger partial charge in [-0.25, -0.2) is 0 Å². The monoisotopic (exact) mass is 347 g/mol. The molecule has 4 heteroatoms. The van der Waals surface area contributed by atoms with Gasteiger partial charge < -0.3 is 5.32 Å². The van der Waals surface area contributed by atoms with Crippen molar-refractivity contribution in [2.45, 2.75) is 31.3 Å². The number of hydrogen-bond acceptors (Lipinski definition) is 3. The largest absolute Gasteiger partial charge is 0.348 e. The van der Waals surface area contributed by atoms with Crippen LogP contribution in [0.25, 0.3) is 6.08 Å². The highest BCUT2D eigenvalue weighted by molar-refractivity contribution is 5.92. The number of amides is 1. The van der Waals surface area contributed by atoms with Crippen molar-refractivity contribution in [3.05, 3.63) is 72.1 Å². The number of carbonyl (C=O) groups excluding carboxylic acids is 1. The molecule has 2 bridgehead atoms. The molecule has 0 spiro atoms. The SMILES string of the molecule is O=C(/C=C/c1ccccc1)NC1C2CCN(CC2)C1Cc1cccnc1. The zero-order valence-electron chi connectivity index (χ0n) is 14.9. The zero-order valence-corrected chi connectivity index (χ0v) is 14.9. The second-order valence-electron chi connectivity index (χ2n) is 7.28. The van der Waals surface area contributed by atoms with E-state index in [-0.39, 0.29) is 11.9 Å². The number of benzene rings is 1. The Bertz CT molecular complexity index is 751. The summed E-state index contributed by atoms with van der Waals surface area (Å²) in [6, 6.07) is 14.6. The maximum atomic E-state index is 12.5. The summed E-state index contributed by atoms with van der Waals surface area (Å²) in [7, 11) is 0. The van der Waals surface area contributed by atoms with Crippen LogP contribution in [0.15, 0.2) is 60.9 Å². The van der Waals surface area contributed by atoms with Crippen LogP contribution in [0.2, 0.25) is 0 Å². The number of aromatic nitrogens is 1. The molecule has 134 valence electrons. The van der Waals surface area contributed by atoms with Gasteiger partial charge in [-0.2, -0.15) is 0 Å². The molecular weight excluding hydrogens is 322 g/mol. The van der Waals surface area contributed by atoms with Gasteiger partial charge in [0.15, 0.2) is 0 Å². The summed E-state index contributed by atoms with van der Waals surface area (Å²) in [5, 5.41) is 3.30. The van der Waals surface area contributed by atoms with Crippen molar-refractivity contribution >= 4 is 12.0 Å². The van der Waals surface area contributed by atoms with E-state index < -0.39 is 0 Å². The van der Waals surface area contributed by atoms with Crippen molar-refractivity contribution < 1.29 is 4.79 Å². The van der Waals surface area contributed by atoms with Crippen molar-refractivity contribution in [1.82, 2.24) is 15.2 Å². The molecule has 0 saturated carbocycles. The minimum atomic E-state index is 0.00351. The average molecular weight is 347 g/mol. The van der Waals surface area contributed by atoms with Crippen LogP contribution in [-0.2, 0) is 11.2 Å². The highest BCUT2D eigenvalue weighted by Crippen LogP contribution is 2.33. The van der Waals surface area contributed by atoms with E-state index in [1.54, 1.807) is 6.08 Å². The van der Waals surface area contributed by atoms with Crippen molar-refractivity contribution in [3.8, 4) is 0 Å². The van der Waals surface area contributed by atoms with Crippen LogP contribution in [0.5, 0.6) is 0 Å². The Balaban J connectivity index is 1.45. The van der Waals surface area contributed by atoms with Gasteiger partial charge in [-0.05, 0) is 61.5 Å². The number of piperidine rings is 3. The third-order valence-electron chi connectivity index (χ3n) is 5.67. The highest BCUT2D eigenvalue weighted by Gasteiger charge is 2.42. The predicted octanol–water partition coefficient (Wildman–Crippen LogP) is 2.92. The Morgan fingerprint density at radius 1 is 1.15 bits per heavy atom. The van der Waals surface area contributed by atoms with Gasteiger partial charge in [-0.15, -0.1) is 0 Å². The third-order valence-corrected chi connectivity index (χ3v) is 5.67. The number of hydrogen-bond donors (Lipinski definition) is 1. The molecule has 2 aromatic rings. The molecular formula is C22H25N3O. The number of carbonyl (C=O) groups is 1. The molecule has 3 aliphatic rings. The summed E-state index contributed by atoms with van der Waals surface area (Å²) in [4.78, 5) is 19.3. The van der Waals surface area contributed by atoms with Crippen molar-refractivity contribution in [2.24, 2.45) is 5.92 Å². The fourth-order valence-electron chi connectivity index (χ4n) is 4.33. The Labute approximate surface area is 154 Å². The van der Waals surface area contributed by atoms with Crippen LogP contribution >= 0.6 is 0 Å². The normalized spacial score (nSPS) is 27.5. The molecule has 3 fully saturated rings. The van der Waals surface area contributed by atoms with Crippen LogP contribution in [0.3, 0.4) is 0 Å². The van der Waals surface area contributed by atoms with Crippen molar-refractivity contribution in [1.29, 1.82) is 0 Å². The molecule has 2 atom stereocenters. The second kappa shape index (κ2) is 7.83. The molecule has 5 rings (SSSR count). The molecule has 4 heterocycles. The summed E-state index contributed by atoms with van der Waals surface area (Å²) in [5.41, 5.74) is 2.28. The average Bonchev–Trinajstić information content (AvgIpc) is 2.70. The predicted molar refractivity (Wildman–Crippen MR) is 103 cm³/mol. The first-order chi connectivity index (χ1) is 12.8. The standard InChI is InChI=1S/C22H25N3O/c26-21(9-8-17-5-2-1-3-6-17)24-22-19-10-13-25(14-11-19)20(22)15-18-7-4-12-23-16-18/h1-9,12,16,19-20,22H,10-11,13-15H2,(H,24,26)/b9-8+. The summed E-state index contributed by atoms with van der Waals surface area (Å²) in [5.74, 6) is 0.583. The number of nitrogens with one attached hydrogen (secondary N) is 1. The third kappa shape index (κ3) is 3.86. The van der Waals surface area contributed by atoms with E-state index in [9.17, 15) is 4.79 Å². The number of fused-ring (bicyclic) bond motifs is 3. The van der Waals surface area contributed by atoms with Gasteiger partial charge in [0.05, 0.1) is 0 Å². The minimum absolute atomic E-state index is 0.00351. The number of pyridine rings is 1. The van der Waals surface area contributed by atoms with E-state index in [1.165, 1.54) is 18.4 Å². The smallest absolute Gasteiger partial charge is 0.244 e. The van der Waals surface area contributed by atoms with E-state index in [2.05, 4.69) is 21.3 Å². The number of nitrogens with zero attached hydrogens (tertiary/aromatic N) is 2. The summed E-state index contributed by atoms with van der Waals surface area (Å²) >= 11 is 0. The molecule has 0 radical (unpaired) electrons. The van der Waals surface area contributed by atoms with Crippen LogP contribution in [0, 0.1) is 5.92 Å². The van der Waals surface area contributed by atoms with Crippen LogP contribution in [0.4, 0.5) is 0 Å². The molecule has 2 unspecified atom stereocenters. The van der Waals surface area contributed by atoms with E-state index in [1.807, 2.05) is 54.9 Å². The molecule has 3 aliphatic heterocycles. The van der Waals surface area contributed by atoms with Gasteiger partial charge in [-0.1, -0.05) is 36.4 Å². The first-order valence-electron chi connectivity index (χ1n) is 9.46. The molecule has 1 aromatic carbocycles. The van der Waals surface area contributed by atoms with Crippen LogP contribution < -0.4 is 5.32 Å². The Morgan fingerprint density at radius 3 is 2.69 bits per heavy atom. The summed E-state index contributed by atoms with van der Waals surface area (Å²) < 4.78 is 0. The van der Waals surface area contributed by atoms with Crippen LogP contribution in [-0.4, -0.2) is 41.0 Å². The fraction of sp³-hybridized carbons (Fsp3) is 0.364. The molecule has 4 nitrogen and oxygen atoms in total. The molecule has 1 aromatic heterocycles. The van der Waals surface area contributed by atoms with Gasteiger partial charge in [0.1, 0.15) is 0 Å². The first-order valence-corrected chi connectivity index (χ1v) is 9.46. The lowest BCUT2D eigenvalue weighted by Crippen LogP contribution is -2.64. The van der Waals surface area contributed by atoms with Crippen LogP contribution in [0.1, 0.15) is 24.0 Å². The maximum absolute atomic E-state index is 12.5. The van der Waals surface area contributed by atoms with Crippen molar-refractivity contribution in [3.63, 3.8) is 0 Å². The zero-order chi connectivity index (χ0) is 17.8. The second-order valence-corrected chi connectivity index (χ2v) is 7.28. The topological polar surface area (TPSA) is 45.2 Å². The van der Waals surface area contributed by atoms with Gasteiger partial charge in [0.2, 0.25) is 5.91 Å². The first kappa shape index (κ1) is 17.0. The van der Waals surface area contributed by atoms with Gasteiger partial charge >= 0.3 is 0 Å². The fourth-order valence-corrected chi connectivity index (χ4v) is 4.33. The molecule has 1 amide bonds.